The fourth-order valence-electron chi connectivity index (χ4n) is 2.40. The molecule has 0 saturated carbocycles. The molecule has 1 aliphatic rings. The maximum Gasteiger partial charge on any atom is 0.322 e. The quantitative estimate of drug-likeness (QED) is 0.797. The first-order chi connectivity index (χ1) is 11.4. The molecule has 1 aliphatic heterocycles. The number of benzene rings is 2. The van der Waals surface area contributed by atoms with Crippen molar-refractivity contribution in [3.63, 3.8) is 0 Å². The van der Waals surface area contributed by atoms with Crippen LogP contribution in [0.15, 0.2) is 47.4 Å². The lowest BCUT2D eigenvalue weighted by Gasteiger charge is -2.14. The number of amides is 3. The van der Waals surface area contributed by atoms with Gasteiger partial charge in [-0.3, -0.25) is 14.3 Å². The summed E-state index contributed by atoms with van der Waals surface area (Å²) in [7, 11) is -1.42. The van der Waals surface area contributed by atoms with Crippen LogP contribution in [0.4, 0.5) is 4.79 Å². The average Bonchev–Trinajstić information content (AvgIpc) is 2.88. The molecule has 8 heteroatoms. The third-order valence-electron chi connectivity index (χ3n) is 3.51. The van der Waals surface area contributed by atoms with Crippen molar-refractivity contribution in [1.82, 2.24) is 10.6 Å². The molecule has 0 aromatic heterocycles. The summed E-state index contributed by atoms with van der Waals surface area (Å²) in [5.41, 5.74) is 1.27. The third-order valence-corrected chi connectivity index (χ3v) is 5.46. The molecule has 2 aromatic carbocycles. The maximum atomic E-state index is 12.8. The van der Waals surface area contributed by atoms with Gasteiger partial charge in [0.1, 0.15) is 6.04 Å². The lowest BCUT2D eigenvalue weighted by atomic mass is 10.1. The van der Waals surface area contributed by atoms with Gasteiger partial charge in [-0.25, -0.2) is 4.79 Å². The first kappa shape index (κ1) is 17.0. The van der Waals surface area contributed by atoms with Gasteiger partial charge < -0.3 is 5.32 Å². The van der Waals surface area contributed by atoms with E-state index in [1.165, 1.54) is 0 Å². The first-order valence-corrected chi connectivity index (χ1v) is 9.05. The first-order valence-electron chi connectivity index (χ1n) is 6.97. The average molecular weight is 383 g/mol. The lowest BCUT2D eigenvalue weighted by Crippen LogP contribution is -2.22. The van der Waals surface area contributed by atoms with Crippen molar-refractivity contribution in [2.24, 2.45) is 0 Å². The number of imide groups is 1. The van der Waals surface area contributed by atoms with Crippen LogP contribution in [-0.2, 0) is 21.3 Å². The lowest BCUT2D eigenvalue weighted by molar-refractivity contribution is -0.120. The molecular weight excluding hydrogens is 371 g/mol. The van der Waals surface area contributed by atoms with Crippen LogP contribution in [0.3, 0.4) is 0 Å². The van der Waals surface area contributed by atoms with E-state index in [1.54, 1.807) is 42.5 Å². The Bertz CT molecular complexity index is 840. The van der Waals surface area contributed by atoms with E-state index in [2.05, 4.69) is 10.6 Å². The van der Waals surface area contributed by atoms with Gasteiger partial charge in [0.05, 0.1) is 16.6 Å². The van der Waals surface area contributed by atoms with Crippen LogP contribution in [0.2, 0.25) is 10.0 Å². The van der Waals surface area contributed by atoms with E-state index >= 15 is 0 Å². The van der Waals surface area contributed by atoms with Gasteiger partial charge in [-0.15, -0.1) is 0 Å². The normalized spacial score (nSPS) is 18.2. The molecule has 5 nitrogen and oxygen atoms in total. The molecule has 1 saturated heterocycles. The summed E-state index contributed by atoms with van der Waals surface area (Å²) in [6.07, 6.45) is 0. The van der Waals surface area contributed by atoms with Crippen molar-refractivity contribution in [2.45, 2.75) is 16.7 Å². The Labute approximate surface area is 150 Å². The second-order valence-corrected chi connectivity index (χ2v) is 7.49. The highest BCUT2D eigenvalue weighted by molar-refractivity contribution is 7.84. The summed E-state index contributed by atoms with van der Waals surface area (Å²) >= 11 is 11.9. The van der Waals surface area contributed by atoms with Gasteiger partial charge in [0.2, 0.25) is 0 Å². The second-order valence-electron chi connectivity index (χ2n) is 5.19. The summed E-state index contributed by atoms with van der Waals surface area (Å²) in [5, 5.41) is 5.66. The minimum Gasteiger partial charge on any atom is -0.322 e. The topological polar surface area (TPSA) is 75.3 Å². The summed E-state index contributed by atoms with van der Waals surface area (Å²) < 4.78 is 12.8. The Kier molecular flexibility index (Phi) is 4.89. The fourth-order valence-corrected chi connectivity index (χ4v) is 4.01. The van der Waals surface area contributed by atoms with Crippen LogP contribution in [0, 0.1) is 0 Å². The van der Waals surface area contributed by atoms with E-state index in [-0.39, 0.29) is 5.75 Å². The summed E-state index contributed by atoms with van der Waals surface area (Å²) in [5.74, 6) is -0.235. The van der Waals surface area contributed by atoms with Gasteiger partial charge in [-0.05, 0) is 35.9 Å². The Morgan fingerprint density at radius 3 is 2.29 bits per heavy atom. The van der Waals surface area contributed by atoms with Crippen molar-refractivity contribution in [1.29, 1.82) is 0 Å². The molecule has 0 aliphatic carbocycles. The molecular formula is C16H12Cl2N2O3S. The molecule has 1 heterocycles. The Balaban J connectivity index is 1.92. The Morgan fingerprint density at radius 1 is 1.00 bits per heavy atom. The molecule has 0 bridgehead atoms. The van der Waals surface area contributed by atoms with Crippen LogP contribution < -0.4 is 10.6 Å². The van der Waals surface area contributed by atoms with Crippen molar-refractivity contribution in [3.05, 3.63) is 63.6 Å². The fraction of sp³-hybridized carbons (Fsp3) is 0.125. The number of hydrogen-bond donors (Lipinski definition) is 2. The number of urea groups is 1. The molecule has 2 aromatic rings. The van der Waals surface area contributed by atoms with Crippen LogP contribution in [0.25, 0.3) is 0 Å². The SMILES string of the molecule is O=C1NC(=O)C(c2cc(Cl)ccc2S(=O)Cc2ccc(Cl)cc2)N1. The van der Waals surface area contributed by atoms with E-state index in [0.717, 1.165) is 5.56 Å². The van der Waals surface area contributed by atoms with Gasteiger partial charge in [-0.1, -0.05) is 35.3 Å². The summed E-state index contributed by atoms with van der Waals surface area (Å²) in [4.78, 5) is 23.7. The molecule has 0 radical (unpaired) electrons. The minimum atomic E-state index is -1.42. The number of rotatable bonds is 4. The highest BCUT2D eigenvalue weighted by Gasteiger charge is 2.33. The predicted molar refractivity (Wildman–Crippen MR) is 92.4 cm³/mol. The van der Waals surface area contributed by atoms with Gasteiger partial charge >= 0.3 is 6.03 Å². The van der Waals surface area contributed by atoms with Crippen molar-refractivity contribution in [3.8, 4) is 0 Å². The number of nitrogens with one attached hydrogen (secondary N) is 2. The van der Waals surface area contributed by atoms with Gasteiger partial charge in [0.25, 0.3) is 5.91 Å². The molecule has 1 fully saturated rings. The largest absolute Gasteiger partial charge is 0.322 e. The number of carbonyl (C=O) groups is 2. The standard InChI is InChI=1S/C16H12Cl2N2O3S/c17-10-3-1-9(2-4-10)8-24(23)13-6-5-11(18)7-12(13)14-15(21)20-16(22)19-14/h1-7,14H,8H2,(H2,19,20,21,22). The predicted octanol–water partition coefficient (Wildman–Crippen LogP) is 3.18. The van der Waals surface area contributed by atoms with Crippen LogP contribution in [-0.4, -0.2) is 16.1 Å². The number of hydrogen-bond acceptors (Lipinski definition) is 3. The molecule has 124 valence electrons. The highest BCUT2D eigenvalue weighted by atomic mass is 35.5. The Hall–Kier alpha value is -1.89. The molecule has 3 rings (SSSR count). The molecule has 2 N–H and O–H groups in total. The minimum absolute atomic E-state index is 0.258. The van der Waals surface area contributed by atoms with Crippen LogP contribution >= 0.6 is 23.2 Å². The van der Waals surface area contributed by atoms with Gasteiger partial charge in [0.15, 0.2) is 0 Å². The van der Waals surface area contributed by atoms with Crippen LogP contribution in [0.1, 0.15) is 17.2 Å². The molecule has 2 unspecified atom stereocenters. The van der Waals surface area contributed by atoms with Crippen molar-refractivity contribution < 1.29 is 13.8 Å². The maximum absolute atomic E-state index is 12.8. The molecule has 0 spiro atoms. The highest BCUT2D eigenvalue weighted by Crippen LogP contribution is 2.28. The van der Waals surface area contributed by atoms with E-state index < -0.39 is 28.8 Å². The van der Waals surface area contributed by atoms with E-state index in [0.29, 0.717) is 20.5 Å². The zero-order valence-corrected chi connectivity index (χ0v) is 14.5. The van der Waals surface area contributed by atoms with Gasteiger partial charge in [-0.2, -0.15) is 0 Å². The summed E-state index contributed by atoms with van der Waals surface area (Å²) in [6.45, 7) is 0. The smallest absolute Gasteiger partial charge is 0.322 e. The third kappa shape index (κ3) is 3.61. The monoisotopic (exact) mass is 382 g/mol. The second kappa shape index (κ2) is 6.93. The van der Waals surface area contributed by atoms with Crippen molar-refractivity contribution >= 4 is 45.9 Å². The molecule has 2 atom stereocenters. The van der Waals surface area contributed by atoms with E-state index in [9.17, 15) is 13.8 Å². The zero-order chi connectivity index (χ0) is 17.3. The molecule has 3 amide bonds. The van der Waals surface area contributed by atoms with Crippen LogP contribution in [0.5, 0.6) is 0 Å². The molecule has 24 heavy (non-hydrogen) atoms. The number of halogens is 2. The zero-order valence-electron chi connectivity index (χ0n) is 12.2. The van der Waals surface area contributed by atoms with E-state index in [1.807, 2.05) is 0 Å². The number of carbonyl (C=O) groups excluding carboxylic acids is 2. The van der Waals surface area contributed by atoms with Crippen molar-refractivity contribution in [2.75, 3.05) is 0 Å². The van der Waals surface area contributed by atoms with E-state index in [4.69, 9.17) is 23.2 Å². The van der Waals surface area contributed by atoms with Gasteiger partial charge in [0, 0.05) is 20.5 Å². The summed E-state index contributed by atoms with van der Waals surface area (Å²) in [6, 6.07) is 10.3. The Morgan fingerprint density at radius 2 is 1.67 bits per heavy atom.